The second kappa shape index (κ2) is 13.2. The van der Waals surface area contributed by atoms with Gasteiger partial charge in [0.15, 0.2) is 0 Å². The topological polar surface area (TPSA) is 151 Å². The molecule has 4 atom stereocenters. The Kier molecular flexibility index (Phi) is 11.4. The molecule has 0 spiro atoms. The number of hydrogen-bond acceptors (Lipinski definition) is 7. The van der Waals surface area contributed by atoms with E-state index >= 15 is 0 Å². The molecule has 1 rings (SSSR count). The molecule has 0 aliphatic rings. The van der Waals surface area contributed by atoms with Crippen LogP contribution in [0.1, 0.15) is 19.4 Å². The fourth-order valence-electron chi connectivity index (χ4n) is 2.66. The second-order valence-electron chi connectivity index (χ2n) is 7.35. The Morgan fingerprint density at radius 2 is 1.48 bits per heavy atom. The van der Waals surface area contributed by atoms with E-state index in [2.05, 4.69) is 41.2 Å². The lowest BCUT2D eigenvalue weighted by Crippen LogP contribution is -2.59. The lowest BCUT2D eigenvalue weighted by atomic mass is 10.0. The van der Waals surface area contributed by atoms with Crippen molar-refractivity contribution in [2.75, 3.05) is 11.5 Å². The molecule has 0 fully saturated rings. The minimum Gasteiger partial charge on any atom is -0.480 e. The van der Waals surface area contributed by atoms with E-state index in [0.29, 0.717) is 0 Å². The SMILES string of the molecule is CC(C)C(NC(=O)C(CS)NC(=O)C(N)CS)C(=O)NC(Cc1ccccc1)C(=O)O. The smallest absolute Gasteiger partial charge is 0.326 e. The number of hydrogen-bond donors (Lipinski definition) is 7. The van der Waals surface area contributed by atoms with Crippen LogP contribution in [0.25, 0.3) is 0 Å². The average Bonchev–Trinajstić information content (AvgIpc) is 2.74. The summed E-state index contributed by atoms with van der Waals surface area (Å²) in [5.74, 6) is -3.28. The molecule has 0 aliphatic heterocycles. The highest BCUT2D eigenvalue weighted by atomic mass is 32.1. The second-order valence-corrected chi connectivity index (χ2v) is 8.08. The zero-order valence-electron chi connectivity index (χ0n) is 17.4. The van der Waals surface area contributed by atoms with E-state index in [1.54, 1.807) is 38.1 Å². The molecule has 0 aromatic heterocycles. The molecule has 172 valence electrons. The van der Waals surface area contributed by atoms with Crippen molar-refractivity contribution in [2.45, 2.75) is 44.4 Å². The van der Waals surface area contributed by atoms with Crippen LogP contribution < -0.4 is 21.7 Å². The van der Waals surface area contributed by atoms with Crippen LogP contribution in [0.4, 0.5) is 0 Å². The van der Waals surface area contributed by atoms with Gasteiger partial charge in [-0.1, -0.05) is 44.2 Å². The van der Waals surface area contributed by atoms with Crippen LogP contribution in [0, 0.1) is 5.92 Å². The quantitative estimate of drug-likeness (QED) is 0.207. The van der Waals surface area contributed by atoms with Crippen molar-refractivity contribution >= 4 is 48.9 Å². The molecule has 3 amide bonds. The average molecular weight is 471 g/mol. The van der Waals surface area contributed by atoms with Crippen molar-refractivity contribution in [2.24, 2.45) is 11.7 Å². The van der Waals surface area contributed by atoms with Gasteiger partial charge in [0.1, 0.15) is 18.1 Å². The summed E-state index contributed by atoms with van der Waals surface area (Å²) in [6.07, 6.45) is 0.0949. The normalized spacial score (nSPS) is 14.8. The molecule has 0 radical (unpaired) electrons. The zero-order chi connectivity index (χ0) is 23.6. The molecule has 4 unspecified atom stereocenters. The molecular weight excluding hydrogens is 440 g/mol. The van der Waals surface area contributed by atoms with Gasteiger partial charge in [-0.15, -0.1) is 0 Å². The highest BCUT2D eigenvalue weighted by Crippen LogP contribution is 2.07. The zero-order valence-corrected chi connectivity index (χ0v) is 19.2. The first kappa shape index (κ1) is 26.8. The van der Waals surface area contributed by atoms with E-state index in [1.165, 1.54) is 0 Å². The third-order valence-electron chi connectivity index (χ3n) is 4.49. The highest BCUT2D eigenvalue weighted by molar-refractivity contribution is 7.80. The number of aliphatic carboxylic acids is 1. The third kappa shape index (κ3) is 8.80. The Bertz CT molecular complexity index is 763. The van der Waals surface area contributed by atoms with Crippen LogP contribution in [-0.4, -0.2) is 64.5 Å². The lowest BCUT2D eigenvalue weighted by Gasteiger charge is -2.26. The van der Waals surface area contributed by atoms with Crippen LogP contribution >= 0.6 is 25.3 Å². The van der Waals surface area contributed by atoms with Crippen molar-refractivity contribution < 1.29 is 24.3 Å². The molecule has 0 saturated heterocycles. The number of carboxylic acid groups (broad SMARTS) is 1. The van der Waals surface area contributed by atoms with E-state index in [4.69, 9.17) is 5.73 Å². The maximum Gasteiger partial charge on any atom is 0.326 e. The number of nitrogens with one attached hydrogen (secondary N) is 3. The minimum absolute atomic E-state index is 0.0188. The van der Waals surface area contributed by atoms with Crippen LogP contribution in [0.2, 0.25) is 0 Å². The fraction of sp³-hybridized carbons (Fsp3) is 0.500. The van der Waals surface area contributed by atoms with Gasteiger partial charge in [-0.2, -0.15) is 25.3 Å². The van der Waals surface area contributed by atoms with Crippen molar-refractivity contribution in [3.63, 3.8) is 0 Å². The molecule has 0 saturated carbocycles. The molecule has 11 heteroatoms. The molecule has 6 N–H and O–H groups in total. The van der Waals surface area contributed by atoms with Crippen LogP contribution in [0.15, 0.2) is 30.3 Å². The van der Waals surface area contributed by atoms with Crippen LogP contribution in [0.3, 0.4) is 0 Å². The Labute approximate surface area is 192 Å². The number of benzene rings is 1. The van der Waals surface area contributed by atoms with Crippen LogP contribution in [0.5, 0.6) is 0 Å². The summed E-state index contributed by atoms with van der Waals surface area (Å²) in [5, 5.41) is 17.0. The Hall–Kier alpha value is -2.24. The van der Waals surface area contributed by atoms with Crippen molar-refractivity contribution in [3.05, 3.63) is 35.9 Å². The van der Waals surface area contributed by atoms with E-state index < -0.39 is 47.9 Å². The van der Waals surface area contributed by atoms with E-state index in [0.717, 1.165) is 5.56 Å². The van der Waals surface area contributed by atoms with Gasteiger partial charge < -0.3 is 26.8 Å². The first-order valence-electron chi connectivity index (χ1n) is 9.75. The van der Waals surface area contributed by atoms with Gasteiger partial charge in [0, 0.05) is 17.9 Å². The van der Waals surface area contributed by atoms with Crippen LogP contribution in [-0.2, 0) is 25.6 Å². The predicted molar refractivity (Wildman–Crippen MR) is 124 cm³/mol. The summed E-state index contributed by atoms with van der Waals surface area (Å²) in [7, 11) is 0. The van der Waals surface area contributed by atoms with Gasteiger partial charge in [0.05, 0.1) is 6.04 Å². The van der Waals surface area contributed by atoms with Crippen molar-refractivity contribution in [1.29, 1.82) is 0 Å². The summed E-state index contributed by atoms with van der Waals surface area (Å²) in [6, 6.07) is 4.80. The van der Waals surface area contributed by atoms with Gasteiger partial charge >= 0.3 is 5.97 Å². The number of carbonyl (C=O) groups excluding carboxylic acids is 3. The first-order chi connectivity index (χ1) is 14.6. The third-order valence-corrected chi connectivity index (χ3v) is 5.25. The number of carboxylic acids is 1. The summed E-state index contributed by atoms with van der Waals surface area (Å²) < 4.78 is 0. The Morgan fingerprint density at radius 3 is 1.97 bits per heavy atom. The molecule has 31 heavy (non-hydrogen) atoms. The molecule has 0 heterocycles. The molecule has 1 aromatic carbocycles. The standard InChI is InChI=1S/C20H30N4O5S2/c1-11(2)16(24-18(26)15(10-31)23-17(25)13(21)9-30)19(27)22-14(20(28)29)8-12-6-4-3-5-7-12/h3-7,11,13-16,30-31H,8-10,21H2,1-2H3,(H,22,27)(H,23,25)(H,24,26)(H,28,29). The van der Waals surface area contributed by atoms with Gasteiger partial charge in [-0.3, -0.25) is 14.4 Å². The number of carbonyl (C=O) groups is 4. The number of amides is 3. The maximum absolute atomic E-state index is 12.8. The van der Waals surface area contributed by atoms with Gasteiger partial charge in [0.25, 0.3) is 0 Å². The van der Waals surface area contributed by atoms with Gasteiger partial charge in [-0.25, -0.2) is 4.79 Å². The molecule has 0 aliphatic carbocycles. The summed E-state index contributed by atoms with van der Waals surface area (Å²) in [5.41, 5.74) is 6.35. The van der Waals surface area contributed by atoms with Crippen molar-refractivity contribution in [3.8, 4) is 0 Å². The summed E-state index contributed by atoms with van der Waals surface area (Å²) >= 11 is 8.02. The lowest BCUT2D eigenvalue weighted by molar-refractivity contribution is -0.142. The summed E-state index contributed by atoms with van der Waals surface area (Å²) in [4.78, 5) is 49.0. The Balaban J connectivity index is 2.86. The fourth-order valence-corrected chi connectivity index (χ4v) is 3.08. The monoisotopic (exact) mass is 470 g/mol. The summed E-state index contributed by atoms with van der Waals surface area (Å²) in [6.45, 7) is 3.42. The molecular formula is C20H30N4O5S2. The molecule has 9 nitrogen and oxygen atoms in total. The minimum atomic E-state index is -1.19. The number of rotatable bonds is 12. The van der Waals surface area contributed by atoms with Crippen molar-refractivity contribution in [1.82, 2.24) is 16.0 Å². The van der Waals surface area contributed by atoms with E-state index in [9.17, 15) is 24.3 Å². The van der Waals surface area contributed by atoms with E-state index in [1.807, 2.05) is 6.07 Å². The van der Waals surface area contributed by atoms with Gasteiger partial charge in [-0.05, 0) is 11.5 Å². The first-order valence-corrected chi connectivity index (χ1v) is 11.0. The van der Waals surface area contributed by atoms with E-state index in [-0.39, 0.29) is 23.8 Å². The largest absolute Gasteiger partial charge is 0.480 e. The Morgan fingerprint density at radius 1 is 0.903 bits per heavy atom. The van der Waals surface area contributed by atoms with Gasteiger partial charge in [0.2, 0.25) is 17.7 Å². The number of thiol groups is 2. The highest BCUT2D eigenvalue weighted by Gasteiger charge is 2.31. The molecule has 0 bridgehead atoms. The predicted octanol–water partition coefficient (Wildman–Crippen LogP) is -0.389. The molecule has 1 aromatic rings. The number of nitrogens with two attached hydrogens (primary N) is 1. The maximum atomic E-state index is 12.8.